The van der Waals surface area contributed by atoms with Gasteiger partial charge in [-0.3, -0.25) is 13.9 Å². The molecular weight excluding hydrogens is 1490 g/mol. The van der Waals surface area contributed by atoms with Gasteiger partial charge in [0.15, 0.2) is 29.1 Å². The lowest BCUT2D eigenvalue weighted by atomic mass is 9.77. The Labute approximate surface area is 683 Å². The summed E-state index contributed by atoms with van der Waals surface area (Å²) in [4.78, 5) is 48.4. The summed E-state index contributed by atoms with van der Waals surface area (Å²) in [6, 6.07) is 83.8. The first-order chi connectivity index (χ1) is 55.6. The topological polar surface area (TPSA) is 212 Å². The standard InChI is InChI=1S/C56H61N3O7Si.C38H47N3O7Si/c1-54(2,3)67(7,8)66-50-38-49(39-64-56(43-22-16-11-17-23-43,44-26-32-47(62-5)33-27-44)45-28-34-48(63-6)35-29-45)65-52(50)59-37-36-51(57-53(59)60)58-55(40-18-12-9-13-19-40,41-20-14-10-15-21-41)42-24-30-46(61-4)31-25-42;1-26(42)39-34-22-23-41(36(43)40-34)35-33(48-49(7,8)37(2,3)4)24-32(47-35)25-46-38(27-12-10-9-11-13-27,28-14-18-30(44-5)19-15-28)29-16-20-31(45-6)21-17-29/h9-37,49-50,52H,38-39H2,1-8H3,(H,57,58,60);9-23,32-33,35H,24-25H2,1-8H3,(H,39,40,42,43)/t49-,50+,52+;32-,33+,35+/m00/s1. The van der Waals surface area contributed by atoms with Gasteiger partial charge in [-0.05, 0) is 159 Å². The van der Waals surface area contributed by atoms with E-state index in [0.29, 0.717) is 18.7 Å². The van der Waals surface area contributed by atoms with Crippen molar-refractivity contribution in [3.05, 3.63) is 338 Å². The molecule has 20 nitrogen and oxygen atoms in total. The van der Waals surface area contributed by atoms with Gasteiger partial charge in [0.05, 0.1) is 73.2 Å². The highest BCUT2D eigenvalue weighted by molar-refractivity contribution is 6.74. The average Bonchev–Trinajstić information content (AvgIpc) is 0.785. The molecule has 2 aliphatic rings. The number of nitrogens with one attached hydrogen (secondary N) is 2. The molecule has 0 saturated carbocycles. The van der Waals surface area contributed by atoms with Crippen LogP contribution in [-0.2, 0) is 49.3 Å². The molecule has 2 saturated heterocycles. The quantitative estimate of drug-likeness (QED) is 0.0329. The van der Waals surface area contributed by atoms with Gasteiger partial charge in [0.2, 0.25) is 5.91 Å². The fraction of sp³-hybridized carbons (Fsp3) is 0.330. The van der Waals surface area contributed by atoms with E-state index < -0.39 is 81.6 Å². The number of rotatable bonds is 29. The highest BCUT2D eigenvalue weighted by Crippen LogP contribution is 2.49. The lowest BCUT2D eigenvalue weighted by Gasteiger charge is -2.39. The van der Waals surface area contributed by atoms with Crippen LogP contribution in [0.1, 0.15) is 124 Å². The van der Waals surface area contributed by atoms with Crippen molar-refractivity contribution in [3.63, 3.8) is 0 Å². The number of amides is 1. The molecule has 4 heterocycles. The Bertz CT molecular complexity index is 5010. The van der Waals surface area contributed by atoms with Crippen LogP contribution >= 0.6 is 0 Å². The first-order valence-corrected chi connectivity index (χ1v) is 45.0. The summed E-state index contributed by atoms with van der Waals surface area (Å²) in [6.45, 7) is 23.7. The van der Waals surface area contributed by atoms with Crippen molar-refractivity contribution in [2.24, 2.45) is 0 Å². The Morgan fingerprint density at radius 1 is 0.397 bits per heavy atom. The van der Waals surface area contributed by atoms with Crippen LogP contribution in [-0.4, -0.2) is 115 Å². The second-order valence-corrected chi connectivity index (χ2v) is 41.8. The normalized spacial score (nSPS) is 17.3. The average molecular weight is 1600 g/mol. The number of carbonyl (C=O) groups excluding carboxylic acids is 1. The number of anilines is 2. The predicted molar refractivity (Wildman–Crippen MR) is 458 cm³/mol. The fourth-order valence-corrected chi connectivity index (χ4v) is 17.3. The number of benzene rings is 9. The first kappa shape index (κ1) is 84.6. The summed E-state index contributed by atoms with van der Waals surface area (Å²) in [5, 5.41) is 6.15. The third-order valence-electron chi connectivity index (χ3n) is 22.9. The van der Waals surface area contributed by atoms with E-state index in [4.69, 9.17) is 56.5 Å². The Kier molecular flexibility index (Phi) is 26.4. The van der Waals surface area contributed by atoms with Crippen LogP contribution in [0.2, 0.25) is 36.3 Å². The zero-order valence-electron chi connectivity index (χ0n) is 69.2. The number of methoxy groups -OCH3 is 5. The molecule has 2 N–H and O–H groups in total. The van der Waals surface area contributed by atoms with Crippen molar-refractivity contribution in [2.75, 3.05) is 59.4 Å². The van der Waals surface area contributed by atoms with Gasteiger partial charge in [0.25, 0.3) is 0 Å². The molecule has 9 aromatic carbocycles. The van der Waals surface area contributed by atoms with E-state index in [0.717, 1.165) is 78.8 Å². The van der Waals surface area contributed by atoms with Crippen LogP contribution in [0.4, 0.5) is 11.6 Å². The van der Waals surface area contributed by atoms with Gasteiger partial charge in [0.1, 0.15) is 57.1 Å². The fourth-order valence-electron chi connectivity index (χ4n) is 14.7. The number of hydrogen-bond acceptors (Lipinski definition) is 17. The zero-order chi connectivity index (χ0) is 82.6. The third-order valence-corrected chi connectivity index (χ3v) is 31.9. The molecule has 22 heteroatoms. The predicted octanol–water partition coefficient (Wildman–Crippen LogP) is 18.3. The van der Waals surface area contributed by atoms with Crippen molar-refractivity contribution < 1.29 is 56.3 Å². The molecular formula is C94H108N6O14Si2. The molecule has 2 aromatic heterocycles. The van der Waals surface area contributed by atoms with E-state index in [-0.39, 0.29) is 35.0 Å². The molecule has 2 fully saturated rings. The number of carbonyl (C=O) groups is 1. The molecule has 6 atom stereocenters. The van der Waals surface area contributed by atoms with Crippen LogP contribution in [0.5, 0.6) is 28.7 Å². The maximum Gasteiger partial charge on any atom is 0.351 e. The highest BCUT2D eigenvalue weighted by atomic mass is 28.4. The molecule has 0 bridgehead atoms. The van der Waals surface area contributed by atoms with Crippen LogP contribution < -0.4 is 45.7 Å². The van der Waals surface area contributed by atoms with Gasteiger partial charge in [-0.25, -0.2) is 9.59 Å². The van der Waals surface area contributed by atoms with Gasteiger partial charge in [-0.2, -0.15) is 9.97 Å². The Morgan fingerprint density at radius 3 is 0.948 bits per heavy atom. The smallest absolute Gasteiger partial charge is 0.351 e. The number of ether oxygens (including phenoxy) is 9. The van der Waals surface area contributed by atoms with Gasteiger partial charge in [0, 0.05) is 32.2 Å². The minimum absolute atomic E-state index is 0.0736. The van der Waals surface area contributed by atoms with E-state index in [2.05, 4.69) is 132 Å². The van der Waals surface area contributed by atoms with Gasteiger partial charge in [-0.1, -0.05) is 224 Å². The molecule has 606 valence electrons. The van der Waals surface area contributed by atoms with Crippen molar-refractivity contribution in [1.29, 1.82) is 0 Å². The zero-order valence-corrected chi connectivity index (χ0v) is 71.2. The van der Waals surface area contributed by atoms with Crippen molar-refractivity contribution in [2.45, 2.75) is 151 Å². The summed E-state index contributed by atoms with van der Waals surface area (Å²) >= 11 is 0. The lowest BCUT2D eigenvalue weighted by molar-refractivity contribution is -0.114. The van der Waals surface area contributed by atoms with E-state index in [9.17, 15) is 14.4 Å². The summed E-state index contributed by atoms with van der Waals surface area (Å²) < 4.78 is 72.9. The SMILES string of the molecule is COc1ccc(C(Nc2ccn([C@@H]3O[C@H](COC(c4ccccc4)(c4ccc(OC)cc4)c4ccc(OC)cc4)C[C@H]3O[Si](C)(C)C(C)(C)C)c(=O)n2)(c2ccccc2)c2ccccc2)cc1.COc1ccc(C(OC[C@@H]2C[C@@H](O[Si](C)(C)C(C)(C)C)[C@H](n3ccc(NC(C)=O)nc3=O)O2)(c2ccccc2)c2ccc(OC)cc2)cc1. The molecule has 0 radical (unpaired) electrons. The van der Waals surface area contributed by atoms with E-state index in [1.54, 1.807) is 58.6 Å². The maximum absolute atomic E-state index is 14.6. The summed E-state index contributed by atoms with van der Waals surface area (Å²) in [6.07, 6.45) is 1.04. The molecule has 13 rings (SSSR count). The van der Waals surface area contributed by atoms with Crippen LogP contribution in [0.3, 0.4) is 0 Å². The second kappa shape index (κ2) is 36.2. The monoisotopic (exact) mass is 1600 g/mol. The van der Waals surface area contributed by atoms with E-state index in [1.807, 2.05) is 200 Å². The number of aromatic nitrogens is 4. The van der Waals surface area contributed by atoms with Crippen LogP contribution in [0, 0.1) is 0 Å². The molecule has 1 amide bonds. The Morgan fingerprint density at radius 2 is 0.664 bits per heavy atom. The largest absolute Gasteiger partial charge is 0.497 e. The summed E-state index contributed by atoms with van der Waals surface area (Å²) in [5.74, 6) is 3.94. The maximum atomic E-state index is 14.6. The van der Waals surface area contributed by atoms with Crippen molar-refractivity contribution >= 4 is 34.2 Å². The minimum Gasteiger partial charge on any atom is -0.497 e. The molecule has 0 spiro atoms. The number of nitrogens with zero attached hydrogens (tertiary/aromatic N) is 4. The summed E-state index contributed by atoms with van der Waals surface area (Å²) in [5.41, 5.74) is 4.35. The van der Waals surface area contributed by atoms with Crippen LogP contribution in [0.25, 0.3) is 0 Å². The number of hydrogen-bond donors (Lipinski definition) is 2. The van der Waals surface area contributed by atoms with Gasteiger partial charge in [-0.15, -0.1) is 0 Å². The van der Waals surface area contributed by atoms with Crippen molar-refractivity contribution in [1.82, 2.24) is 19.1 Å². The van der Waals surface area contributed by atoms with Gasteiger partial charge >= 0.3 is 11.4 Å². The molecule has 2 aliphatic heterocycles. The first-order valence-electron chi connectivity index (χ1n) is 39.2. The molecule has 11 aromatic rings. The molecule has 0 unspecified atom stereocenters. The Balaban J connectivity index is 0.000000225. The van der Waals surface area contributed by atoms with Gasteiger partial charge < -0.3 is 62.1 Å². The van der Waals surface area contributed by atoms with Crippen LogP contribution in [0.15, 0.2) is 277 Å². The minimum atomic E-state index is -2.39. The molecule has 116 heavy (non-hydrogen) atoms. The third kappa shape index (κ3) is 18.4. The van der Waals surface area contributed by atoms with Crippen molar-refractivity contribution in [3.8, 4) is 28.7 Å². The second-order valence-electron chi connectivity index (χ2n) is 32.3. The Hall–Kier alpha value is -10.8. The van der Waals surface area contributed by atoms with E-state index >= 15 is 0 Å². The molecule has 0 aliphatic carbocycles. The van der Waals surface area contributed by atoms with E-state index in [1.165, 1.54) is 11.5 Å². The summed E-state index contributed by atoms with van der Waals surface area (Å²) in [7, 11) is 3.57. The highest BCUT2D eigenvalue weighted by Gasteiger charge is 2.50. The lowest BCUT2D eigenvalue weighted by Crippen LogP contribution is -2.46.